The zero-order valence-corrected chi connectivity index (χ0v) is 12.4. The highest BCUT2D eigenvalue weighted by Crippen LogP contribution is 2.21. The summed E-state index contributed by atoms with van der Waals surface area (Å²) in [5.74, 6) is -0.863. The lowest BCUT2D eigenvalue weighted by Crippen LogP contribution is -2.26. The number of benzene rings is 1. The Bertz CT molecular complexity index is 577. The Morgan fingerprint density at radius 3 is 2.30 bits per heavy atom. The lowest BCUT2D eigenvalue weighted by molar-refractivity contribution is -0.118. The van der Waals surface area contributed by atoms with Crippen molar-refractivity contribution in [3.05, 3.63) is 29.1 Å². The maximum Gasteiger partial charge on any atom is 0.241 e. The molecular weight excluding hydrogens is 283 g/mol. The van der Waals surface area contributed by atoms with Crippen LogP contribution < -0.4 is 10.5 Å². The fourth-order valence-corrected chi connectivity index (χ4v) is 3.55. The lowest BCUT2D eigenvalue weighted by atomic mass is 10.1. The summed E-state index contributed by atoms with van der Waals surface area (Å²) in [6, 6.07) is 2.38. The number of unbranched alkanes of at least 4 members (excludes halogenated alkanes) is 1. The highest BCUT2D eigenvalue weighted by Gasteiger charge is 2.19. The monoisotopic (exact) mass is 302 g/mol. The van der Waals surface area contributed by atoms with E-state index >= 15 is 0 Å². The third-order valence-electron chi connectivity index (χ3n) is 2.84. The van der Waals surface area contributed by atoms with Gasteiger partial charge >= 0.3 is 0 Å². The largest absolute Gasteiger partial charge is 0.370 e. The predicted molar refractivity (Wildman–Crippen MR) is 74.1 cm³/mol. The van der Waals surface area contributed by atoms with Gasteiger partial charge in [-0.25, -0.2) is 17.5 Å². The van der Waals surface area contributed by atoms with Gasteiger partial charge < -0.3 is 5.73 Å². The predicted octanol–water partition coefficient (Wildman–Crippen LogP) is 1.38. The zero-order chi connectivity index (χ0) is 15.3. The van der Waals surface area contributed by atoms with Gasteiger partial charge in [0.15, 0.2) is 0 Å². The first kappa shape index (κ1) is 16.6. The van der Waals surface area contributed by atoms with Gasteiger partial charge in [0.05, 0.1) is 4.90 Å². The van der Waals surface area contributed by atoms with Gasteiger partial charge in [-0.1, -0.05) is 0 Å². The molecular formula is C13H19FN2O3S. The van der Waals surface area contributed by atoms with Gasteiger partial charge in [-0.3, -0.25) is 4.79 Å². The molecule has 0 aliphatic heterocycles. The van der Waals surface area contributed by atoms with E-state index in [4.69, 9.17) is 5.73 Å². The van der Waals surface area contributed by atoms with E-state index in [9.17, 15) is 17.6 Å². The summed E-state index contributed by atoms with van der Waals surface area (Å²) in [6.45, 7) is 3.32. The summed E-state index contributed by atoms with van der Waals surface area (Å²) in [7, 11) is -3.67. The number of rotatable bonds is 7. The number of hydrogen-bond donors (Lipinski definition) is 2. The second-order valence-corrected chi connectivity index (χ2v) is 6.39. The molecule has 0 bridgehead atoms. The minimum absolute atomic E-state index is 0.105. The minimum Gasteiger partial charge on any atom is -0.370 e. The van der Waals surface area contributed by atoms with Crippen LogP contribution in [0.25, 0.3) is 0 Å². The molecule has 0 saturated heterocycles. The van der Waals surface area contributed by atoms with Crippen molar-refractivity contribution >= 4 is 15.9 Å². The molecule has 0 aliphatic rings. The Morgan fingerprint density at radius 2 is 1.80 bits per heavy atom. The van der Waals surface area contributed by atoms with Crippen LogP contribution in [-0.2, 0) is 14.8 Å². The Balaban J connectivity index is 2.73. The third-order valence-corrected chi connectivity index (χ3v) is 4.60. The fraction of sp³-hybridized carbons (Fsp3) is 0.462. The van der Waals surface area contributed by atoms with Crippen molar-refractivity contribution in [1.82, 2.24) is 4.72 Å². The number of hydrogen-bond acceptors (Lipinski definition) is 3. The summed E-state index contributed by atoms with van der Waals surface area (Å²) in [5.41, 5.74) is 5.73. The lowest BCUT2D eigenvalue weighted by Gasteiger charge is -2.12. The van der Waals surface area contributed by atoms with Crippen LogP contribution in [0.4, 0.5) is 4.39 Å². The number of carbonyl (C=O) groups is 1. The molecule has 0 spiro atoms. The van der Waals surface area contributed by atoms with Crippen LogP contribution in [0.3, 0.4) is 0 Å². The van der Waals surface area contributed by atoms with E-state index in [0.717, 1.165) is 0 Å². The number of nitrogens with one attached hydrogen (secondary N) is 1. The van der Waals surface area contributed by atoms with Crippen LogP contribution in [0.15, 0.2) is 17.0 Å². The topological polar surface area (TPSA) is 89.3 Å². The van der Waals surface area contributed by atoms with Crippen molar-refractivity contribution in [2.24, 2.45) is 5.73 Å². The second kappa shape index (κ2) is 6.81. The average molecular weight is 302 g/mol. The number of amides is 1. The molecule has 0 heterocycles. The maximum atomic E-state index is 13.2. The van der Waals surface area contributed by atoms with Gasteiger partial charge in [-0.2, -0.15) is 0 Å². The number of aryl methyl sites for hydroxylation is 2. The highest BCUT2D eigenvalue weighted by molar-refractivity contribution is 7.89. The van der Waals surface area contributed by atoms with E-state index in [1.165, 1.54) is 12.1 Å². The number of nitrogens with two attached hydrogens (primary N) is 1. The van der Waals surface area contributed by atoms with E-state index in [1.807, 2.05) is 0 Å². The summed E-state index contributed by atoms with van der Waals surface area (Å²) >= 11 is 0. The number of halogens is 1. The number of primary amides is 1. The van der Waals surface area contributed by atoms with E-state index < -0.39 is 21.7 Å². The Labute approximate surface area is 118 Å². The number of carbonyl (C=O) groups excluding carboxylic acids is 1. The molecule has 7 heteroatoms. The molecule has 0 unspecified atom stereocenters. The van der Waals surface area contributed by atoms with Crippen molar-refractivity contribution in [2.75, 3.05) is 6.54 Å². The summed E-state index contributed by atoms with van der Waals surface area (Å²) in [5, 5.41) is 0. The van der Waals surface area contributed by atoms with Crippen LogP contribution >= 0.6 is 0 Å². The van der Waals surface area contributed by atoms with Crippen LogP contribution in [0, 0.1) is 19.7 Å². The van der Waals surface area contributed by atoms with Crippen LogP contribution in [0.2, 0.25) is 0 Å². The van der Waals surface area contributed by atoms with Gasteiger partial charge in [0.25, 0.3) is 0 Å². The SMILES string of the molecule is Cc1cc(F)cc(C)c1S(=O)(=O)NCCCCC(N)=O. The number of sulfonamides is 1. The maximum absolute atomic E-state index is 13.2. The molecule has 5 nitrogen and oxygen atoms in total. The van der Waals surface area contributed by atoms with E-state index in [1.54, 1.807) is 13.8 Å². The quantitative estimate of drug-likeness (QED) is 0.746. The standard InChI is InChI=1S/C13H19FN2O3S/c1-9-7-11(14)8-10(2)13(9)20(18,19)16-6-4-3-5-12(15)17/h7-8,16H,3-6H2,1-2H3,(H2,15,17). The highest BCUT2D eigenvalue weighted by atomic mass is 32.2. The van der Waals surface area contributed by atoms with Crippen molar-refractivity contribution in [3.63, 3.8) is 0 Å². The Hall–Kier alpha value is -1.47. The zero-order valence-electron chi connectivity index (χ0n) is 11.6. The van der Waals surface area contributed by atoms with Gasteiger partial charge in [0, 0.05) is 13.0 Å². The molecule has 0 radical (unpaired) electrons. The molecule has 0 saturated carbocycles. The van der Waals surface area contributed by atoms with E-state index in [-0.39, 0.29) is 17.9 Å². The Morgan fingerprint density at radius 1 is 1.25 bits per heavy atom. The molecule has 0 aliphatic carbocycles. The third kappa shape index (κ3) is 4.57. The van der Waals surface area contributed by atoms with Gasteiger partial charge in [0.2, 0.25) is 15.9 Å². The first-order chi connectivity index (χ1) is 9.24. The summed E-state index contributed by atoms with van der Waals surface area (Å²) in [4.78, 5) is 10.7. The average Bonchev–Trinajstić information content (AvgIpc) is 2.25. The first-order valence-corrected chi connectivity index (χ1v) is 7.77. The van der Waals surface area contributed by atoms with Gasteiger partial charge in [0.1, 0.15) is 5.82 Å². The van der Waals surface area contributed by atoms with Crippen LogP contribution in [0.5, 0.6) is 0 Å². The molecule has 3 N–H and O–H groups in total. The van der Waals surface area contributed by atoms with Crippen molar-refractivity contribution in [3.8, 4) is 0 Å². The molecule has 0 aromatic heterocycles. The molecule has 1 aromatic carbocycles. The molecule has 1 aromatic rings. The van der Waals surface area contributed by atoms with E-state index in [2.05, 4.69) is 4.72 Å². The molecule has 1 amide bonds. The van der Waals surface area contributed by atoms with Crippen LogP contribution in [-0.4, -0.2) is 20.9 Å². The first-order valence-electron chi connectivity index (χ1n) is 6.29. The molecule has 0 atom stereocenters. The van der Waals surface area contributed by atoms with Crippen molar-refractivity contribution in [2.45, 2.75) is 38.0 Å². The molecule has 1 rings (SSSR count). The van der Waals surface area contributed by atoms with Gasteiger partial charge in [-0.05, 0) is 49.9 Å². The molecule has 0 fully saturated rings. The summed E-state index contributed by atoms with van der Waals surface area (Å²) in [6.07, 6.45) is 1.27. The van der Waals surface area contributed by atoms with Gasteiger partial charge in [-0.15, -0.1) is 0 Å². The minimum atomic E-state index is -3.67. The fourth-order valence-electron chi connectivity index (χ4n) is 2.02. The van der Waals surface area contributed by atoms with Crippen molar-refractivity contribution in [1.29, 1.82) is 0 Å². The second-order valence-electron chi connectivity index (χ2n) is 4.69. The summed E-state index contributed by atoms with van der Waals surface area (Å²) < 4.78 is 39.9. The normalized spacial score (nSPS) is 11.6. The molecule has 20 heavy (non-hydrogen) atoms. The Kier molecular flexibility index (Phi) is 5.64. The van der Waals surface area contributed by atoms with E-state index in [0.29, 0.717) is 24.0 Å². The molecule has 112 valence electrons. The van der Waals surface area contributed by atoms with Crippen LogP contribution in [0.1, 0.15) is 30.4 Å². The smallest absolute Gasteiger partial charge is 0.241 e. The van der Waals surface area contributed by atoms with Crippen molar-refractivity contribution < 1.29 is 17.6 Å².